The number of alkyl halides is 2. The van der Waals surface area contributed by atoms with Gasteiger partial charge in [0.05, 0.1) is 11.3 Å². The molecule has 5 nitrogen and oxygen atoms in total. The van der Waals surface area contributed by atoms with Gasteiger partial charge in [0.2, 0.25) is 5.43 Å². The van der Waals surface area contributed by atoms with Crippen molar-refractivity contribution in [3.8, 4) is 0 Å². The van der Waals surface area contributed by atoms with Crippen LogP contribution in [0, 0.1) is 0 Å². The number of pyridine rings is 1. The minimum atomic E-state index is -3.09. The van der Waals surface area contributed by atoms with Crippen LogP contribution in [0.15, 0.2) is 11.0 Å². The zero-order valence-electron chi connectivity index (χ0n) is 6.88. The standard InChI is InChI=1S/C7H7F2N3O2/c8-6(9)3-4(7(11)14)12-1-2(10)5(3)13/h1,6H,10H2,(H2,11,14)(H,12,13). The summed E-state index contributed by atoms with van der Waals surface area (Å²) in [4.78, 5) is 23.9. The molecule has 0 aromatic carbocycles. The highest BCUT2D eigenvalue weighted by Gasteiger charge is 2.22. The summed E-state index contributed by atoms with van der Waals surface area (Å²) < 4.78 is 24.7. The van der Waals surface area contributed by atoms with Crippen LogP contribution in [0.1, 0.15) is 22.5 Å². The van der Waals surface area contributed by atoms with Gasteiger partial charge in [-0.15, -0.1) is 0 Å². The van der Waals surface area contributed by atoms with Crippen molar-refractivity contribution in [1.82, 2.24) is 4.98 Å². The normalized spacial score (nSPS) is 10.5. The van der Waals surface area contributed by atoms with Crippen molar-refractivity contribution in [1.29, 1.82) is 0 Å². The van der Waals surface area contributed by atoms with Gasteiger partial charge in [-0.3, -0.25) is 9.59 Å². The highest BCUT2D eigenvalue weighted by molar-refractivity contribution is 5.92. The van der Waals surface area contributed by atoms with Crippen LogP contribution in [0.5, 0.6) is 0 Å². The van der Waals surface area contributed by atoms with E-state index in [2.05, 4.69) is 4.98 Å². The van der Waals surface area contributed by atoms with Crippen LogP contribution in [0.4, 0.5) is 14.5 Å². The van der Waals surface area contributed by atoms with Gasteiger partial charge in [-0.25, -0.2) is 8.78 Å². The molecule has 0 spiro atoms. The number of carbonyl (C=O) groups excluding carboxylic acids is 1. The third kappa shape index (κ3) is 1.56. The molecule has 0 aliphatic rings. The summed E-state index contributed by atoms with van der Waals surface area (Å²) >= 11 is 0. The molecule has 1 amide bonds. The first-order valence-electron chi connectivity index (χ1n) is 3.54. The quantitative estimate of drug-likeness (QED) is 0.630. The molecule has 14 heavy (non-hydrogen) atoms. The minimum absolute atomic E-state index is 0.384. The Bertz CT molecular complexity index is 427. The maximum absolute atomic E-state index is 12.3. The Kier molecular flexibility index (Phi) is 2.50. The number of rotatable bonds is 2. The van der Waals surface area contributed by atoms with E-state index in [1.807, 2.05) is 0 Å². The fraction of sp³-hybridized carbons (Fsp3) is 0.143. The van der Waals surface area contributed by atoms with Gasteiger partial charge in [0.25, 0.3) is 12.3 Å². The number of nitrogens with one attached hydrogen (secondary N) is 1. The summed E-state index contributed by atoms with van der Waals surface area (Å²) in [5.41, 5.74) is 6.83. The first-order chi connectivity index (χ1) is 6.45. The summed E-state index contributed by atoms with van der Waals surface area (Å²) in [5, 5.41) is 0. The van der Waals surface area contributed by atoms with Crippen LogP contribution < -0.4 is 16.9 Å². The first kappa shape index (κ1) is 10.2. The van der Waals surface area contributed by atoms with Crippen molar-refractivity contribution in [2.24, 2.45) is 5.73 Å². The molecule has 7 heteroatoms. The molecule has 0 aliphatic carbocycles. The second-order valence-corrected chi connectivity index (χ2v) is 2.53. The van der Waals surface area contributed by atoms with Crippen molar-refractivity contribution in [3.05, 3.63) is 27.7 Å². The number of H-pyrrole nitrogens is 1. The fourth-order valence-corrected chi connectivity index (χ4v) is 0.974. The number of primary amides is 1. The number of hydrogen-bond acceptors (Lipinski definition) is 3. The van der Waals surface area contributed by atoms with Gasteiger partial charge in [0, 0.05) is 6.20 Å². The third-order valence-corrected chi connectivity index (χ3v) is 1.61. The summed E-state index contributed by atoms with van der Waals surface area (Å²) in [5.74, 6) is -1.13. The maximum Gasteiger partial charge on any atom is 0.269 e. The smallest absolute Gasteiger partial charge is 0.269 e. The Morgan fingerprint density at radius 3 is 2.50 bits per heavy atom. The van der Waals surface area contributed by atoms with Crippen molar-refractivity contribution in [2.75, 3.05) is 5.73 Å². The summed E-state index contributed by atoms with van der Waals surface area (Å²) in [7, 11) is 0. The molecule has 1 heterocycles. The van der Waals surface area contributed by atoms with E-state index < -0.39 is 29.0 Å². The monoisotopic (exact) mass is 203 g/mol. The van der Waals surface area contributed by atoms with Crippen molar-refractivity contribution in [2.45, 2.75) is 6.43 Å². The number of hydrogen-bond donors (Lipinski definition) is 3. The molecule has 0 radical (unpaired) electrons. The zero-order chi connectivity index (χ0) is 10.9. The molecule has 0 fully saturated rings. The predicted octanol–water partition coefficient (Wildman–Crippen LogP) is -0.00640. The van der Waals surface area contributed by atoms with E-state index in [4.69, 9.17) is 11.5 Å². The fourth-order valence-electron chi connectivity index (χ4n) is 0.974. The molecule has 5 N–H and O–H groups in total. The molecular formula is C7H7F2N3O2. The Morgan fingerprint density at radius 1 is 1.50 bits per heavy atom. The summed E-state index contributed by atoms with van der Waals surface area (Å²) in [6, 6.07) is 0. The largest absolute Gasteiger partial charge is 0.394 e. The number of nitrogens with two attached hydrogens (primary N) is 2. The van der Waals surface area contributed by atoms with Gasteiger partial charge in [0.1, 0.15) is 5.69 Å². The SMILES string of the molecule is NC(=O)c1[nH]cc(N)c(=O)c1C(F)F. The van der Waals surface area contributed by atoms with Crippen LogP contribution in [-0.2, 0) is 0 Å². The molecule has 0 saturated heterocycles. The van der Waals surface area contributed by atoms with Crippen LogP contribution in [0.3, 0.4) is 0 Å². The lowest BCUT2D eigenvalue weighted by molar-refractivity contribution is 0.0979. The van der Waals surface area contributed by atoms with Gasteiger partial charge < -0.3 is 16.5 Å². The van der Waals surface area contributed by atoms with E-state index in [1.54, 1.807) is 0 Å². The molecule has 0 unspecified atom stereocenters. The van der Waals surface area contributed by atoms with Gasteiger partial charge in [0.15, 0.2) is 0 Å². The van der Waals surface area contributed by atoms with E-state index in [-0.39, 0.29) is 5.69 Å². The number of halogens is 2. The van der Waals surface area contributed by atoms with Gasteiger partial charge in [-0.2, -0.15) is 0 Å². The molecular weight excluding hydrogens is 196 g/mol. The molecule has 0 aliphatic heterocycles. The highest BCUT2D eigenvalue weighted by Crippen LogP contribution is 2.18. The van der Waals surface area contributed by atoms with Crippen molar-refractivity contribution in [3.63, 3.8) is 0 Å². The van der Waals surface area contributed by atoms with Crippen LogP contribution in [0.2, 0.25) is 0 Å². The molecule has 76 valence electrons. The molecule has 1 aromatic rings. The topological polar surface area (TPSA) is 102 Å². The number of aromatic amines is 1. The van der Waals surface area contributed by atoms with E-state index >= 15 is 0 Å². The third-order valence-electron chi connectivity index (χ3n) is 1.61. The zero-order valence-corrected chi connectivity index (χ0v) is 6.88. The van der Waals surface area contributed by atoms with Crippen molar-refractivity contribution < 1.29 is 13.6 Å². The number of aromatic nitrogens is 1. The first-order valence-corrected chi connectivity index (χ1v) is 3.54. The minimum Gasteiger partial charge on any atom is -0.394 e. The number of amides is 1. The Hall–Kier alpha value is -1.92. The maximum atomic E-state index is 12.3. The molecule has 0 saturated carbocycles. The van der Waals surface area contributed by atoms with E-state index in [9.17, 15) is 18.4 Å². The lowest BCUT2D eigenvalue weighted by atomic mass is 10.1. The van der Waals surface area contributed by atoms with Crippen LogP contribution in [-0.4, -0.2) is 10.9 Å². The van der Waals surface area contributed by atoms with E-state index in [0.29, 0.717) is 0 Å². The summed E-state index contributed by atoms with van der Waals surface area (Å²) in [6.07, 6.45) is -2.14. The van der Waals surface area contributed by atoms with E-state index in [1.165, 1.54) is 0 Å². The molecule has 0 atom stereocenters. The van der Waals surface area contributed by atoms with Gasteiger partial charge >= 0.3 is 0 Å². The Balaban J connectivity index is 3.54. The number of nitrogen functional groups attached to an aromatic ring is 1. The molecule has 0 bridgehead atoms. The Labute approximate surface area is 76.7 Å². The van der Waals surface area contributed by atoms with E-state index in [0.717, 1.165) is 6.20 Å². The molecule has 1 rings (SSSR count). The average molecular weight is 203 g/mol. The predicted molar refractivity (Wildman–Crippen MR) is 44.9 cm³/mol. The molecule has 1 aromatic heterocycles. The Morgan fingerprint density at radius 2 is 2.07 bits per heavy atom. The van der Waals surface area contributed by atoms with Crippen LogP contribution >= 0.6 is 0 Å². The lowest BCUT2D eigenvalue weighted by Gasteiger charge is -2.05. The lowest BCUT2D eigenvalue weighted by Crippen LogP contribution is -2.24. The van der Waals surface area contributed by atoms with Gasteiger partial charge in [-0.1, -0.05) is 0 Å². The second kappa shape index (κ2) is 3.44. The van der Waals surface area contributed by atoms with Gasteiger partial charge in [-0.05, 0) is 0 Å². The van der Waals surface area contributed by atoms with Crippen molar-refractivity contribution >= 4 is 11.6 Å². The number of carbonyl (C=O) groups is 1. The highest BCUT2D eigenvalue weighted by atomic mass is 19.3. The summed E-state index contributed by atoms with van der Waals surface area (Å²) in [6.45, 7) is 0. The average Bonchev–Trinajstić information content (AvgIpc) is 2.08. The second-order valence-electron chi connectivity index (χ2n) is 2.53. The number of anilines is 1. The van der Waals surface area contributed by atoms with Crippen LogP contribution in [0.25, 0.3) is 0 Å².